The van der Waals surface area contributed by atoms with Gasteiger partial charge in [0.15, 0.2) is 5.11 Å². The van der Waals surface area contributed by atoms with Crippen molar-refractivity contribution in [2.75, 3.05) is 31.5 Å². The number of para-hydroxylation sites is 1. The highest BCUT2D eigenvalue weighted by Crippen LogP contribution is 2.36. The van der Waals surface area contributed by atoms with Crippen molar-refractivity contribution in [1.82, 2.24) is 14.8 Å². The minimum atomic E-state index is -4.42. The monoisotopic (exact) mass is 544 g/mol. The quantitative estimate of drug-likeness (QED) is 0.346. The number of nitrogens with zero attached hydrogens (tertiary/aromatic N) is 2. The number of aromatic amines is 1. The number of hydrogen-bond donors (Lipinski definition) is 3. The summed E-state index contributed by atoms with van der Waals surface area (Å²) in [6, 6.07) is 12.7. The summed E-state index contributed by atoms with van der Waals surface area (Å²) in [5.41, 5.74) is 1.98. The van der Waals surface area contributed by atoms with Gasteiger partial charge in [-0.2, -0.15) is 13.2 Å². The van der Waals surface area contributed by atoms with Gasteiger partial charge in [-0.1, -0.05) is 24.3 Å². The van der Waals surface area contributed by atoms with E-state index in [1.54, 1.807) is 6.07 Å². The fourth-order valence-electron chi connectivity index (χ4n) is 5.97. The lowest BCUT2D eigenvalue weighted by Gasteiger charge is -2.42. The Balaban J connectivity index is 1.16. The number of fused-ring (bicyclic) bond motifs is 1. The number of carbonyl (C=O) groups is 1. The number of carboxylic acids is 1. The van der Waals surface area contributed by atoms with Gasteiger partial charge >= 0.3 is 12.1 Å². The number of halogens is 3. The Kier molecular flexibility index (Phi) is 7.63. The Labute approximate surface area is 224 Å². The van der Waals surface area contributed by atoms with Gasteiger partial charge in [-0.15, -0.1) is 0 Å². The number of alkyl halides is 3. The average molecular weight is 545 g/mol. The second-order valence-corrected chi connectivity index (χ2v) is 10.6. The Bertz CT molecular complexity index is 1290. The third-order valence-corrected chi connectivity index (χ3v) is 8.31. The highest BCUT2D eigenvalue weighted by Gasteiger charge is 2.38. The Morgan fingerprint density at radius 2 is 1.74 bits per heavy atom. The maximum Gasteiger partial charge on any atom is 0.416 e. The van der Waals surface area contributed by atoms with Crippen LogP contribution in [-0.4, -0.2) is 63.2 Å². The van der Waals surface area contributed by atoms with Gasteiger partial charge in [-0.25, -0.2) is 0 Å². The van der Waals surface area contributed by atoms with Gasteiger partial charge in [-0.05, 0) is 92.7 Å². The molecule has 0 bridgehead atoms. The Hall–Kier alpha value is -3.11. The van der Waals surface area contributed by atoms with E-state index in [0.717, 1.165) is 43.6 Å². The van der Waals surface area contributed by atoms with Crippen LogP contribution in [0.25, 0.3) is 10.9 Å². The largest absolute Gasteiger partial charge is 0.480 e. The molecule has 0 spiro atoms. The van der Waals surface area contributed by atoms with E-state index in [1.165, 1.54) is 17.0 Å². The molecule has 38 heavy (non-hydrogen) atoms. The topological polar surface area (TPSA) is 71.6 Å². The van der Waals surface area contributed by atoms with Gasteiger partial charge in [0.2, 0.25) is 0 Å². The normalized spacial score (nSPS) is 19.0. The first-order valence-corrected chi connectivity index (χ1v) is 13.4. The molecule has 1 atom stereocenters. The Morgan fingerprint density at radius 1 is 1.03 bits per heavy atom. The molecular weight excluding hydrogens is 513 g/mol. The van der Waals surface area contributed by atoms with E-state index in [0.29, 0.717) is 37.0 Å². The van der Waals surface area contributed by atoms with Crippen LogP contribution >= 0.6 is 12.2 Å². The van der Waals surface area contributed by atoms with Crippen molar-refractivity contribution in [3.8, 4) is 0 Å². The lowest BCUT2D eigenvalue weighted by Crippen LogP contribution is -2.52. The van der Waals surface area contributed by atoms with Crippen LogP contribution in [0.1, 0.15) is 42.7 Å². The molecule has 3 aromatic rings. The summed E-state index contributed by atoms with van der Waals surface area (Å²) in [5.74, 6) is -0.401. The number of thiocarbonyl (C=S) groups is 1. The minimum Gasteiger partial charge on any atom is -0.480 e. The lowest BCUT2D eigenvalue weighted by atomic mass is 9.84. The first-order valence-electron chi connectivity index (χ1n) is 13.0. The third-order valence-electron chi connectivity index (χ3n) is 7.95. The lowest BCUT2D eigenvalue weighted by molar-refractivity contribution is -0.147. The number of aromatic nitrogens is 1. The number of benzene rings is 2. The van der Waals surface area contributed by atoms with Crippen molar-refractivity contribution < 1.29 is 23.1 Å². The van der Waals surface area contributed by atoms with Crippen molar-refractivity contribution >= 4 is 39.9 Å². The molecular formula is C28H31F3N4O2S. The molecule has 6 nitrogen and oxygen atoms in total. The van der Waals surface area contributed by atoms with Crippen LogP contribution in [0.4, 0.5) is 18.9 Å². The zero-order valence-corrected chi connectivity index (χ0v) is 21.7. The highest BCUT2D eigenvalue weighted by molar-refractivity contribution is 7.80. The van der Waals surface area contributed by atoms with Gasteiger partial charge in [0.1, 0.15) is 6.04 Å². The molecule has 0 saturated carbocycles. The number of piperidine rings is 2. The summed E-state index contributed by atoms with van der Waals surface area (Å²) in [7, 11) is 0. The standard InChI is InChI=1S/C28H31F3N4O2S/c29-28(30,31)20-4-3-5-21(16-20)33-27(38)35-14-10-19(11-15-35)25(26(36)37)34-12-8-18(9-13-34)23-17-32-24-7-2-1-6-22(23)24/h1-7,16-19,25,32H,8-15H2,(H,33,38)(H,36,37). The summed E-state index contributed by atoms with van der Waals surface area (Å²) in [6.07, 6.45) is 0.803. The van der Waals surface area contributed by atoms with E-state index in [1.807, 2.05) is 17.0 Å². The van der Waals surface area contributed by atoms with Crippen LogP contribution < -0.4 is 5.32 Å². The fraction of sp³-hybridized carbons (Fsp3) is 0.429. The highest BCUT2D eigenvalue weighted by atomic mass is 32.1. The summed E-state index contributed by atoms with van der Waals surface area (Å²) in [4.78, 5) is 19.7. The molecule has 1 unspecified atom stereocenters. The maximum absolute atomic E-state index is 13.0. The maximum atomic E-state index is 13.0. The van der Waals surface area contributed by atoms with Crippen molar-refractivity contribution in [2.24, 2.45) is 5.92 Å². The van der Waals surface area contributed by atoms with E-state index >= 15 is 0 Å². The molecule has 0 radical (unpaired) electrons. The molecule has 0 amide bonds. The van der Waals surface area contributed by atoms with Crippen LogP contribution in [0.15, 0.2) is 54.7 Å². The van der Waals surface area contributed by atoms with Gasteiger partial charge < -0.3 is 20.3 Å². The van der Waals surface area contributed by atoms with Crippen molar-refractivity contribution in [2.45, 2.75) is 43.8 Å². The molecule has 5 rings (SSSR count). The van der Waals surface area contributed by atoms with Crippen LogP contribution in [-0.2, 0) is 11.0 Å². The number of H-pyrrole nitrogens is 1. The molecule has 10 heteroatoms. The number of rotatable bonds is 5. The van der Waals surface area contributed by atoms with Gasteiger partial charge in [0.25, 0.3) is 0 Å². The van der Waals surface area contributed by atoms with E-state index < -0.39 is 23.8 Å². The minimum absolute atomic E-state index is 0.00949. The van der Waals surface area contributed by atoms with Crippen molar-refractivity contribution in [3.05, 3.63) is 65.9 Å². The van der Waals surface area contributed by atoms with E-state index in [2.05, 4.69) is 33.5 Å². The summed E-state index contributed by atoms with van der Waals surface area (Å²) in [5, 5.41) is 14.6. The molecule has 1 aromatic heterocycles. The van der Waals surface area contributed by atoms with Gasteiger partial charge in [0, 0.05) is 35.9 Å². The van der Waals surface area contributed by atoms with E-state index in [9.17, 15) is 23.1 Å². The average Bonchev–Trinajstić information content (AvgIpc) is 3.33. The molecule has 2 aliphatic rings. The van der Waals surface area contributed by atoms with Crippen LogP contribution in [0.3, 0.4) is 0 Å². The molecule has 3 heterocycles. The first kappa shape index (κ1) is 26.5. The number of likely N-dealkylation sites (tertiary alicyclic amines) is 2. The third kappa shape index (κ3) is 5.66. The van der Waals surface area contributed by atoms with Gasteiger partial charge in [0.05, 0.1) is 5.56 Å². The zero-order valence-electron chi connectivity index (χ0n) is 20.9. The Morgan fingerprint density at radius 3 is 2.42 bits per heavy atom. The first-order chi connectivity index (χ1) is 18.2. The number of anilines is 1. The van der Waals surface area contributed by atoms with Crippen LogP contribution in [0.2, 0.25) is 0 Å². The number of hydrogen-bond acceptors (Lipinski definition) is 3. The number of nitrogens with one attached hydrogen (secondary N) is 2. The second kappa shape index (κ2) is 10.9. The van der Waals surface area contributed by atoms with Gasteiger partial charge in [-0.3, -0.25) is 9.69 Å². The molecule has 2 aromatic carbocycles. The summed E-state index contributed by atoms with van der Waals surface area (Å²) in [6.45, 7) is 2.59. The molecule has 2 aliphatic heterocycles. The summed E-state index contributed by atoms with van der Waals surface area (Å²) >= 11 is 5.46. The number of aliphatic carboxylic acids is 1. The molecule has 0 aliphatic carbocycles. The smallest absolute Gasteiger partial charge is 0.416 e. The molecule has 3 N–H and O–H groups in total. The second-order valence-electron chi connectivity index (χ2n) is 10.2. The van der Waals surface area contributed by atoms with E-state index in [4.69, 9.17) is 12.2 Å². The van der Waals surface area contributed by atoms with Crippen molar-refractivity contribution in [3.63, 3.8) is 0 Å². The zero-order chi connectivity index (χ0) is 26.9. The predicted octanol–water partition coefficient (Wildman–Crippen LogP) is 5.93. The fourth-order valence-corrected chi connectivity index (χ4v) is 6.27. The number of carboxylic acid groups (broad SMARTS) is 1. The summed E-state index contributed by atoms with van der Waals surface area (Å²) < 4.78 is 39.1. The van der Waals surface area contributed by atoms with Crippen molar-refractivity contribution in [1.29, 1.82) is 0 Å². The molecule has 2 fully saturated rings. The predicted molar refractivity (Wildman–Crippen MR) is 145 cm³/mol. The SMILES string of the molecule is O=C(O)C(C1CCN(C(=S)Nc2cccc(C(F)(F)F)c2)CC1)N1CCC(c2c[nH]c3ccccc23)CC1. The molecule has 2 saturated heterocycles. The molecule has 202 valence electrons. The van der Waals surface area contributed by atoms with Crippen LogP contribution in [0.5, 0.6) is 0 Å². The van der Waals surface area contributed by atoms with E-state index in [-0.39, 0.29) is 11.6 Å². The van der Waals surface area contributed by atoms with Crippen LogP contribution in [0, 0.1) is 5.92 Å².